The van der Waals surface area contributed by atoms with Crippen LogP contribution in [0.15, 0.2) is 95.8 Å². The maximum Gasteiger partial charge on any atom is 0.104 e. The van der Waals surface area contributed by atoms with Gasteiger partial charge in [0, 0.05) is 0 Å². The molecule has 3 rings (SSSR count). The molecule has 0 aromatic heterocycles. The van der Waals surface area contributed by atoms with Crippen molar-refractivity contribution in [2.24, 2.45) is 0 Å². The number of hydrogen-bond donors (Lipinski definition) is 0. The molecule has 0 atom stereocenters. The quantitative estimate of drug-likeness (QED) is 0.528. The Morgan fingerprint density at radius 3 is 1.27 bits per heavy atom. The molecule has 0 heterocycles. The van der Waals surface area contributed by atoms with Crippen LogP contribution >= 0.6 is 0 Å². The van der Waals surface area contributed by atoms with E-state index in [-0.39, 0.29) is 0 Å². The molecule has 0 fully saturated rings. The predicted molar refractivity (Wildman–Crippen MR) is 122 cm³/mol. The second-order valence-corrected chi connectivity index (χ2v) is 17.2. The molecule has 132 valence electrons. The van der Waals surface area contributed by atoms with Gasteiger partial charge in [0.2, 0.25) is 0 Å². The lowest BCUT2D eigenvalue weighted by Gasteiger charge is -2.37. The van der Waals surface area contributed by atoms with Crippen LogP contribution in [0.1, 0.15) is 5.56 Å². The van der Waals surface area contributed by atoms with Crippen molar-refractivity contribution in [2.75, 3.05) is 0 Å². The van der Waals surface area contributed by atoms with Crippen molar-refractivity contribution in [2.45, 2.75) is 26.2 Å². The summed E-state index contributed by atoms with van der Waals surface area (Å²) in [4.78, 5) is 1.69. The van der Waals surface area contributed by atoms with E-state index in [2.05, 4.69) is 123 Å². The van der Waals surface area contributed by atoms with Gasteiger partial charge in [-0.05, 0) is 5.56 Å². The van der Waals surface area contributed by atoms with Crippen molar-refractivity contribution in [3.05, 3.63) is 101 Å². The Hall–Kier alpha value is -2.17. The summed E-state index contributed by atoms with van der Waals surface area (Å²) in [5.41, 5.74) is 1.32. The molecule has 0 N–H and O–H groups in total. The van der Waals surface area contributed by atoms with E-state index in [1.54, 1.807) is 4.82 Å². The van der Waals surface area contributed by atoms with Crippen molar-refractivity contribution in [1.82, 2.24) is 0 Å². The van der Waals surface area contributed by atoms with E-state index in [4.69, 9.17) is 0 Å². The molecule has 3 aromatic carbocycles. The Labute approximate surface area is 160 Å². The molecule has 0 amide bonds. The lowest BCUT2D eigenvalue weighted by molar-refractivity contribution is 1.62. The summed E-state index contributed by atoms with van der Waals surface area (Å²) in [7, 11) is -3.57. The zero-order chi connectivity index (χ0) is 18.6. The molecule has 0 saturated heterocycles. The Morgan fingerprint density at radius 2 is 0.885 bits per heavy atom. The molecule has 0 unspecified atom stereocenters. The number of rotatable bonds is 5. The van der Waals surface area contributed by atoms with Gasteiger partial charge in [-0.2, -0.15) is 0 Å². The van der Waals surface area contributed by atoms with E-state index in [1.807, 2.05) is 0 Å². The summed E-state index contributed by atoms with van der Waals surface area (Å²) >= 11 is 0. The molecule has 0 aliphatic rings. The SMILES string of the molecule is C[Si](C)(C(=Cc1ccccc1)[Si](C)(C)c1ccccc1)c1ccccc1. The van der Waals surface area contributed by atoms with Crippen molar-refractivity contribution in [3.63, 3.8) is 0 Å². The van der Waals surface area contributed by atoms with E-state index >= 15 is 0 Å². The molecular formula is C24H28Si2. The summed E-state index contributed by atoms with van der Waals surface area (Å²) in [5, 5.41) is 3.03. The Balaban J connectivity index is 2.19. The van der Waals surface area contributed by atoms with Crippen LogP contribution in [0.25, 0.3) is 6.08 Å². The lowest BCUT2D eigenvalue weighted by Crippen LogP contribution is -2.57. The highest BCUT2D eigenvalue weighted by molar-refractivity contribution is 7.15. The molecular weight excluding hydrogens is 344 g/mol. The highest BCUT2D eigenvalue weighted by Gasteiger charge is 2.39. The number of hydrogen-bond acceptors (Lipinski definition) is 0. The van der Waals surface area contributed by atoms with Crippen LogP contribution in [0.2, 0.25) is 26.2 Å². The van der Waals surface area contributed by atoms with E-state index in [1.165, 1.54) is 15.9 Å². The molecule has 26 heavy (non-hydrogen) atoms. The van der Waals surface area contributed by atoms with Gasteiger partial charge in [0.05, 0.1) is 0 Å². The second-order valence-electron chi connectivity index (χ2n) is 7.95. The van der Waals surface area contributed by atoms with Gasteiger partial charge >= 0.3 is 0 Å². The first-order valence-corrected chi connectivity index (χ1v) is 15.3. The normalized spacial score (nSPS) is 11.8. The standard InChI is InChI=1S/C24H28Si2/c1-25(2,22-16-10-6-11-17-22)24(20-21-14-8-5-9-15-21)26(3,4)23-18-12-7-13-19-23/h5-20H,1-4H3. The van der Waals surface area contributed by atoms with Gasteiger partial charge < -0.3 is 0 Å². The summed E-state index contributed by atoms with van der Waals surface area (Å²) in [6.07, 6.45) is 2.50. The zero-order valence-corrected chi connectivity index (χ0v) is 18.2. The van der Waals surface area contributed by atoms with Gasteiger partial charge in [-0.25, -0.2) is 0 Å². The van der Waals surface area contributed by atoms with Crippen LogP contribution in [0.5, 0.6) is 0 Å². The summed E-state index contributed by atoms with van der Waals surface area (Å²) in [6, 6.07) is 33.1. The first kappa shape index (κ1) is 18.6. The van der Waals surface area contributed by atoms with Gasteiger partial charge in [0.15, 0.2) is 0 Å². The van der Waals surface area contributed by atoms with Crippen molar-refractivity contribution >= 4 is 32.6 Å². The van der Waals surface area contributed by atoms with E-state index < -0.39 is 16.1 Å². The maximum atomic E-state index is 2.51. The fourth-order valence-corrected chi connectivity index (χ4v) is 14.7. The summed E-state index contributed by atoms with van der Waals surface area (Å²) in [5.74, 6) is 0. The summed E-state index contributed by atoms with van der Waals surface area (Å²) in [6.45, 7) is 10.0. The minimum absolute atomic E-state index is 1.32. The van der Waals surface area contributed by atoms with Crippen molar-refractivity contribution in [3.8, 4) is 0 Å². The highest BCUT2D eigenvalue weighted by atomic mass is 28.4. The Bertz CT molecular complexity index is 810. The molecule has 0 nitrogen and oxygen atoms in total. The molecule has 0 bridgehead atoms. The highest BCUT2D eigenvalue weighted by Crippen LogP contribution is 2.28. The minimum atomic E-state index is -1.79. The van der Waals surface area contributed by atoms with E-state index in [0.29, 0.717) is 0 Å². The van der Waals surface area contributed by atoms with Gasteiger partial charge in [-0.15, -0.1) is 0 Å². The van der Waals surface area contributed by atoms with Crippen molar-refractivity contribution < 1.29 is 0 Å². The van der Waals surface area contributed by atoms with Crippen LogP contribution in [-0.2, 0) is 0 Å². The van der Waals surface area contributed by atoms with Gasteiger partial charge in [0.25, 0.3) is 0 Å². The van der Waals surface area contributed by atoms with Crippen LogP contribution < -0.4 is 10.4 Å². The van der Waals surface area contributed by atoms with Crippen molar-refractivity contribution in [1.29, 1.82) is 0 Å². The Morgan fingerprint density at radius 1 is 0.538 bits per heavy atom. The average Bonchev–Trinajstić information content (AvgIpc) is 2.68. The zero-order valence-electron chi connectivity index (χ0n) is 16.2. The molecule has 0 aliphatic carbocycles. The fourth-order valence-electron chi connectivity index (χ4n) is 3.88. The average molecular weight is 373 g/mol. The van der Waals surface area contributed by atoms with Gasteiger partial charge in [0.1, 0.15) is 16.1 Å². The van der Waals surface area contributed by atoms with E-state index in [0.717, 1.165) is 0 Å². The van der Waals surface area contributed by atoms with Crippen LogP contribution in [0.3, 0.4) is 0 Å². The molecule has 2 heteroatoms. The van der Waals surface area contributed by atoms with E-state index in [9.17, 15) is 0 Å². The maximum absolute atomic E-state index is 2.51. The predicted octanol–water partition coefficient (Wildman–Crippen LogP) is 5.38. The third-order valence-electron chi connectivity index (χ3n) is 5.45. The molecule has 3 aromatic rings. The third kappa shape index (κ3) is 3.82. The molecule has 0 radical (unpaired) electrons. The van der Waals surface area contributed by atoms with Crippen LogP contribution in [-0.4, -0.2) is 16.1 Å². The first-order valence-electron chi connectivity index (χ1n) is 9.31. The van der Waals surface area contributed by atoms with Gasteiger partial charge in [-0.3, -0.25) is 0 Å². The minimum Gasteiger partial charge on any atom is -0.0810 e. The molecule has 0 saturated carbocycles. The van der Waals surface area contributed by atoms with Gasteiger partial charge in [-0.1, -0.05) is 138 Å². The third-order valence-corrected chi connectivity index (χ3v) is 15.7. The fraction of sp³-hybridized carbons (Fsp3) is 0.167. The monoisotopic (exact) mass is 372 g/mol. The number of benzene rings is 3. The first-order chi connectivity index (χ1) is 12.4. The topological polar surface area (TPSA) is 0 Å². The molecule has 0 aliphatic heterocycles. The van der Waals surface area contributed by atoms with Crippen LogP contribution in [0.4, 0.5) is 0 Å². The Kier molecular flexibility index (Phi) is 5.45. The lowest BCUT2D eigenvalue weighted by atomic mass is 10.2. The van der Waals surface area contributed by atoms with Crippen LogP contribution in [0, 0.1) is 0 Å². The molecule has 0 spiro atoms. The largest absolute Gasteiger partial charge is 0.104 e. The second kappa shape index (κ2) is 7.60. The smallest absolute Gasteiger partial charge is 0.0810 e. The summed E-state index contributed by atoms with van der Waals surface area (Å²) < 4.78 is 0.